The van der Waals surface area contributed by atoms with Gasteiger partial charge in [0.2, 0.25) is 0 Å². The molecule has 3 rings (SSSR count). The molecule has 0 fully saturated rings. The van der Waals surface area contributed by atoms with Crippen LogP contribution in [0.25, 0.3) is 0 Å². The number of nitrogens with one attached hydrogen (secondary N) is 1. The highest BCUT2D eigenvalue weighted by atomic mass is 16.5. The summed E-state index contributed by atoms with van der Waals surface area (Å²) in [6.45, 7) is 2.80. The first-order valence-corrected chi connectivity index (χ1v) is 7.82. The molecule has 0 saturated carbocycles. The van der Waals surface area contributed by atoms with Crippen molar-refractivity contribution >= 4 is 0 Å². The molecule has 2 N–H and O–H groups in total. The lowest BCUT2D eigenvalue weighted by Crippen LogP contribution is -2.28. The molecule has 0 saturated heterocycles. The zero-order chi connectivity index (χ0) is 15.5. The predicted molar refractivity (Wildman–Crippen MR) is 88.0 cm³/mol. The van der Waals surface area contributed by atoms with E-state index in [1.807, 2.05) is 24.3 Å². The highest BCUT2D eigenvalue weighted by molar-refractivity contribution is 5.35. The molecule has 0 aliphatic heterocycles. The minimum absolute atomic E-state index is 0.316. The van der Waals surface area contributed by atoms with E-state index in [0.717, 1.165) is 17.7 Å². The average Bonchev–Trinajstić information content (AvgIpc) is 2.88. The fourth-order valence-electron chi connectivity index (χ4n) is 3.31. The van der Waals surface area contributed by atoms with Crippen LogP contribution in [0.15, 0.2) is 48.5 Å². The summed E-state index contributed by atoms with van der Waals surface area (Å²) >= 11 is 0. The molecule has 3 unspecified atom stereocenters. The molecule has 2 aromatic rings. The molecule has 0 spiro atoms. The van der Waals surface area contributed by atoms with Crippen LogP contribution in [0.1, 0.15) is 35.8 Å². The Balaban J connectivity index is 1.67. The molecule has 3 atom stereocenters. The average molecular weight is 297 g/mol. The lowest BCUT2D eigenvalue weighted by atomic mass is 10.0. The van der Waals surface area contributed by atoms with E-state index in [9.17, 15) is 5.11 Å². The maximum absolute atomic E-state index is 10.4. The van der Waals surface area contributed by atoms with Crippen LogP contribution in [-0.2, 0) is 6.42 Å². The van der Waals surface area contributed by atoms with Crippen molar-refractivity contribution in [3.05, 3.63) is 65.2 Å². The largest absolute Gasteiger partial charge is 0.497 e. The number of ether oxygens (including phenoxy) is 1. The van der Waals surface area contributed by atoms with Crippen LogP contribution in [-0.4, -0.2) is 18.8 Å². The summed E-state index contributed by atoms with van der Waals surface area (Å²) in [5, 5.41) is 13.9. The number of hydrogen-bond donors (Lipinski definition) is 2. The van der Waals surface area contributed by atoms with Crippen molar-refractivity contribution in [1.29, 1.82) is 0 Å². The molecule has 0 radical (unpaired) electrons. The molecule has 2 aromatic carbocycles. The van der Waals surface area contributed by atoms with Crippen molar-refractivity contribution in [3.63, 3.8) is 0 Å². The van der Waals surface area contributed by atoms with Crippen LogP contribution in [0.2, 0.25) is 0 Å². The van der Waals surface area contributed by atoms with E-state index in [2.05, 4.69) is 36.5 Å². The molecule has 0 amide bonds. The van der Waals surface area contributed by atoms with Crippen LogP contribution < -0.4 is 10.1 Å². The third-order valence-corrected chi connectivity index (χ3v) is 4.51. The predicted octanol–water partition coefficient (Wildman–Crippen LogP) is 3.25. The Morgan fingerprint density at radius 1 is 1.23 bits per heavy atom. The minimum Gasteiger partial charge on any atom is -0.497 e. The number of fused-ring (bicyclic) bond motifs is 1. The van der Waals surface area contributed by atoms with Crippen molar-refractivity contribution in [2.75, 3.05) is 13.7 Å². The van der Waals surface area contributed by atoms with Gasteiger partial charge in [-0.05, 0) is 41.2 Å². The molecule has 22 heavy (non-hydrogen) atoms. The Labute approximate surface area is 131 Å². The van der Waals surface area contributed by atoms with Crippen molar-refractivity contribution < 1.29 is 9.84 Å². The van der Waals surface area contributed by atoms with E-state index in [-0.39, 0.29) is 0 Å². The van der Waals surface area contributed by atoms with Gasteiger partial charge in [0.05, 0.1) is 13.2 Å². The van der Waals surface area contributed by atoms with Crippen molar-refractivity contribution in [1.82, 2.24) is 5.32 Å². The number of rotatable bonds is 5. The molecular weight excluding hydrogens is 274 g/mol. The Hall–Kier alpha value is -1.84. The van der Waals surface area contributed by atoms with Gasteiger partial charge in [0, 0.05) is 12.6 Å². The number of methoxy groups -OCH3 is 1. The van der Waals surface area contributed by atoms with Gasteiger partial charge in [-0.2, -0.15) is 0 Å². The third kappa shape index (κ3) is 3.01. The van der Waals surface area contributed by atoms with Gasteiger partial charge in [0.25, 0.3) is 0 Å². The number of aliphatic hydroxyl groups excluding tert-OH is 1. The first-order valence-electron chi connectivity index (χ1n) is 7.82. The standard InChI is InChI=1S/C19H23NO2/c1-13-10-14-6-3-4-9-17(14)19(13)20-12-18(21)15-7-5-8-16(11-15)22-2/h3-9,11,13,18-21H,10,12H2,1-2H3. The van der Waals surface area contributed by atoms with Crippen LogP contribution in [0.3, 0.4) is 0 Å². The van der Waals surface area contributed by atoms with Gasteiger partial charge in [-0.3, -0.25) is 0 Å². The molecule has 1 aliphatic carbocycles. The molecule has 0 bridgehead atoms. The zero-order valence-corrected chi connectivity index (χ0v) is 13.1. The van der Waals surface area contributed by atoms with Crippen molar-refractivity contribution in [2.24, 2.45) is 5.92 Å². The van der Waals surface area contributed by atoms with Gasteiger partial charge in [0.1, 0.15) is 5.75 Å². The second kappa shape index (κ2) is 6.51. The number of aliphatic hydroxyl groups is 1. The van der Waals surface area contributed by atoms with E-state index < -0.39 is 6.10 Å². The second-order valence-corrected chi connectivity index (χ2v) is 6.06. The Morgan fingerprint density at radius 3 is 2.86 bits per heavy atom. The quantitative estimate of drug-likeness (QED) is 0.890. The van der Waals surface area contributed by atoms with E-state index in [0.29, 0.717) is 18.5 Å². The number of hydrogen-bond acceptors (Lipinski definition) is 3. The van der Waals surface area contributed by atoms with Gasteiger partial charge in [-0.1, -0.05) is 43.3 Å². The lowest BCUT2D eigenvalue weighted by molar-refractivity contribution is 0.166. The molecule has 0 aromatic heterocycles. The lowest BCUT2D eigenvalue weighted by Gasteiger charge is -2.21. The second-order valence-electron chi connectivity index (χ2n) is 6.06. The molecule has 1 aliphatic rings. The molecule has 116 valence electrons. The Bertz CT molecular complexity index is 641. The van der Waals surface area contributed by atoms with Crippen molar-refractivity contribution in [2.45, 2.75) is 25.5 Å². The SMILES string of the molecule is COc1cccc(C(O)CNC2c3ccccc3CC2C)c1. The fourth-order valence-corrected chi connectivity index (χ4v) is 3.31. The van der Waals surface area contributed by atoms with Gasteiger partial charge in [0.15, 0.2) is 0 Å². The first-order chi connectivity index (χ1) is 10.7. The summed E-state index contributed by atoms with van der Waals surface area (Å²) in [4.78, 5) is 0. The zero-order valence-electron chi connectivity index (χ0n) is 13.1. The van der Waals surface area contributed by atoms with Gasteiger partial charge < -0.3 is 15.2 Å². The monoisotopic (exact) mass is 297 g/mol. The van der Waals surface area contributed by atoms with Gasteiger partial charge in [-0.25, -0.2) is 0 Å². The van der Waals surface area contributed by atoms with E-state index in [4.69, 9.17) is 4.74 Å². The summed E-state index contributed by atoms with van der Waals surface area (Å²) < 4.78 is 5.21. The maximum Gasteiger partial charge on any atom is 0.119 e. The maximum atomic E-state index is 10.4. The summed E-state index contributed by atoms with van der Waals surface area (Å²) in [6.07, 6.45) is 0.568. The van der Waals surface area contributed by atoms with Gasteiger partial charge in [-0.15, -0.1) is 0 Å². The molecule has 0 heterocycles. The highest BCUT2D eigenvalue weighted by Crippen LogP contribution is 2.35. The van der Waals surface area contributed by atoms with E-state index in [1.54, 1.807) is 7.11 Å². The third-order valence-electron chi connectivity index (χ3n) is 4.51. The fraction of sp³-hybridized carbons (Fsp3) is 0.368. The molecular formula is C19H23NO2. The summed E-state index contributed by atoms with van der Waals surface area (Å²) in [6, 6.07) is 16.5. The summed E-state index contributed by atoms with van der Waals surface area (Å²) in [5.74, 6) is 1.33. The van der Waals surface area contributed by atoms with Crippen LogP contribution in [0, 0.1) is 5.92 Å². The van der Waals surface area contributed by atoms with E-state index >= 15 is 0 Å². The van der Waals surface area contributed by atoms with Crippen LogP contribution >= 0.6 is 0 Å². The van der Waals surface area contributed by atoms with E-state index in [1.165, 1.54) is 11.1 Å². The topological polar surface area (TPSA) is 41.5 Å². The number of benzene rings is 2. The Kier molecular flexibility index (Phi) is 4.46. The van der Waals surface area contributed by atoms with Crippen molar-refractivity contribution in [3.8, 4) is 5.75 Å². The van der Waals surface area contributed by atoms with Crippen LogP contribution in [0.5, 0.6) is 5.75 Å². The normalized spacial score (nSPS) is 21.4. The Morgan fingerprint density at radius 2 is 2.05 bits per heavy atom. The summed E-state index contributed by atoms with van der Waals surface area (Å²) in [5.41, 5.74) is 3.67. The van der Waals surface area contributed by atoms with Gasteiger partial charge >= 0.3 is 0 Å². The smallest absolute Gasteiger partial charge is 0.119 e. The molecule has 3 nitrogen and oxygen atoms in total. The molecule has 3 heteroatoms. The summed E-state index contributed by atoms with van der Waals surface area (Å²) in [7, 11) is 1.64. The minimum atomic E-state index is -0.532. The highest BCUT2D eigenvalue weighted by Gasteiger charge is 2.28. The van der Waals surface area contributed by atoms with Crippen LogP contribution in [0.4, 0.5) is 0 Å². The first kappa shape index (κ1) is 15.1.